The second-order valence-electron chi connectivity index (χ2n) is 5.64. The van der Waals surface area contributed by atoms with E-state index in [1.54, 1.807) is 36.8 Å². The van der Waals surface area contributed by atoms with E-state index in [9.17, 15) is 14.4 Å². The Hall–Kier alpha value is -3.16. The number of aryl methyl sites for hydroxylation is 2. The smallest absolute Gasteiger partial charge is 0.313 e. The van der Waals surface area contributed by atoms with Crippen molar-refractivity contribution in [2.24, 2.45) is 0 Å². The number of benzene rings is 1. The van der Waals surface area contributed by atoms with Gasteiger partial charge in [0.1, 0.15) is 0 Å². The van der Waals surface area contributed by atoms with Crippen molar-refractivity contribution < 1.29 is 19.1 Å². The normalized spacial score (nSPS) is 10.2. The molecule has 8 heteroatoms. The van der Waals surface area contributed by atoms with Crippen LogP contribution in [0.5, 0.6) is 0 Å². The zero-order valence-corrected chi connectivity index (χ0v) is 14.6. The first-order valence-electron chi connectivity index (χ1n) is 8.29. The van der Waals surface area contributed by atoms with Crippen molar-refractivity contribution in [2.75, 3.05) is 19.0 Å². The molecular weight excluding hydrogens is 336 g/mol. The van der Waals surface area contributed by atoms with Gasteiger partial charge in [0.25, 0.3) is 0 Å². The van der Waals surface area contributed by atoms with Gasteiger partial charge in [-0.1, -0.05) is 12.1 Å². The number of hydrogen-bond acceptors (Lipinski definition) is 5. The Morgan fingerprint density at radius 2 is 1.92 bits per heavy atom. The highest BCUT2D eigenvalue weighted by atomic mass is 16.5. The van der Waals surface area contributed by atoms with Crippen molar-refractivity contribution in [1.82, 2.24) is 14.9 Å². The molecule has 2 amide bonds. The Kier molecular flexibility index (Phi) is 7.35. The fourth-order valence-corrected chi connectivity index (χ4v) is 2.25. The highest BCUT2D eigenvalue weighted by molar-refractivity contribution is 6.39. The SMILES string of the molecule is COC(=O)CCc1ccc(NC(=O)C(=O)NCCCn2ccnc2)cc1. The molecule has 0 radical (unpaired) electrons. The van der Waals surface area contributed by atoms with E-state index in [1.807, 2.05) is 10.8 Å². The molecule has 0 aliphatic rings. The molecular formula is C18H22N4O4. The van der Waals surface area contributed by atoms with Gasteiger partial charge in [0.2, 0.25) is 0 Å². The van der Waals surface area contributed by atoms with E-state index in [-0.39, 0.29) is 5.97 Å². The van der Waals surface area contributed by atoms with Crippen LogP contribution in [-0.2, 0) is 32.1 Å². The second kappa shape index (κ2) is 9.97. The van der Waals surface area contributed by atoms with Gasteiger partial charge in [-0.2, -0.15) is 0 Å². The van der Waals surface area contributed by atoms with Gasteiger partial charge in [-0.25, -0.2) is 4.98 Å². The van der Waals surface area contributed by atoms with Crippen LogP contribution in [0.1, 0.15) is 18.4 Å². The molecule has 0 aliphatic carbocycles. The maximum absolute atomic E-state index is 11.9. The summed E-state index contributed by atoms with van der Waals surface area (Å²) in [5.41, 5.74) is 1.46. The lowest BCUT2D eigenvalue weighted by Crippen LogP contribution is -2.36. The quantitative estimate of drug-likeness (QED) is 0.418. The maximum Gasteiger partial charge on any atom is 0.313 e. The summed E-state index contributed by atoms with van der Waals surface area (Å²) in [7, 11) is 1.35. The Morgan fingerprint density at radius 1 is 1.15 bits per heavy atom. The second-order valence-corrected chi connectivity index (χ2v) is 5.64. The van der Waals surface area contributed by atoms with Crippen molar-refractivity contribution in [3.8, 4) is 0 Å². The molecule has 1 aromatic heterocycles. The van der Waals surface area contributed by atoms with Crippen LogP contribution in [0.15, 0.2) is 43.0 Å². The minimum atomic E-state index is -0.713. The highest BCUT2D eigenvalue weighted by Gasteiger charge is 2.13. The molecule has 0 saturated carbocycles. The lowest BCUT2D eigenvalue weighted by atomic mass is 10.1. The number of nitrogens with one attached hydrogen (secondary N) is 2. The van der Waals surface area contributed by atoms with Gasteiger partial charge < -0.3 is 19.9 Å². The van der Waals surface area contributed by atoms with Gasteiger partial charge in [0.15, 0.2) is 0 Å². The fraction of sp³-hybridized carbons (Fsp3) is 0.333. The number of nitrogens with zero attached hydrogens (tertiary/aromatic N) is 2. The number of rotatable bonds is 8. The molecule has 0 atom stereocenters. The minimum absolute atomic E-state index is 0.271. The topological polar surface area (TPSA) is 102 Å². The summed E-state index contributed by atoms with van der Waals surface area (Å²) in [6.07, 6.45) is 6.77. The van der Waals surface area contributed by atoms with Gasteiger partial charge in [-0.3, -0.25) is 14.4 Å². The summed E-state index contributed by atoms with van der Waals surface area (Å²) in [4.78, 5) is 38.7. The van der Waals surface area contributed by atoms with Crippen LogP contribution in [0.2, 0.25) is 0 Å². The van der Waals surface area contributed by atoms with E-state index in [0.29, 0.717) is 31.5 Å². The lowest BCUT2D eigenvalue weighted by molar-refractivity contribution is -0.140. The van der Waals surface area contributed by atoms with Crippen LogP contribution in [0.25, 0.3) is 0 Å². The molecule has 2 N–H and O–H groups in total. The third-order valence-electron chi connectivity index (χ3n) is 3.70. The molecule has 0 saturated heterocycles. The molecule has 0 bridgehead atoms. The third-order valence-corrected chi connectivity index (χ3v) is 3.70. The predicted octanol–water partition coefficient (Wildman–Crippen LogP) is 1.13. The summed E-state index contributed by atoms with van der Waals surface area (Å²) in [5.74, 6) is -1.66. The van der Waals surface area contributed by atoms with Gasteiger partial charge in [0.05, 0.1) is 13.4 Å². The monoisotopic (exact) mass is 358 g/mol. The van der Waals surface area contributed by atoms with E-state index in [0.717, 1.165) is 12.1 Å². The van der Waals surface area contributed by atoms with Gasteiger partial charge in [0, 0.05) is 37.6 Å². The maximum atomic E-state index is 11.9. The standard InChI is InChI=1S/C18H22N4O4/c1-26-16(23)8-5-14-3-6-15(7-4-14)21-18(25)17(24)20-9-2-11-22-12-10-19-13-22/h3-4,6-7,10,12-13H,2,5,8-9,11H2,1H3,(H,20,24)(H,21,25). The molecule has 0 spiro atoms. The van der Waals surface area contributed by atoms with Crippen LogP contribution in [0.3, 0.4) is 0 Å². The van der Waals surface area contributed by atoms with Crippen LogP contribution < -0.4 is 10.6 Å². The Balaban J connectivity index is 1.70. The summed E-state index contributed by atoms with van der Waals surface area (Å²) in [6.45, 7) is 1.12. The van der Waals surface area contributed by atoms with Crippen molar-refractivity contribution in [3.63, 3.8) is 0 Å². The van der Waals surface area contributed by atoms with Crippen LogP contribution in [0, 0.1) is 0 Å². The lowest BCUT2D eigenvalue weighted by Gasteiger charge is -2.08. The number of aromatic nitrogens is 2. The van der Waals surface area contributed by atoms with E-state index in [2.05, 4.69) is 20.4 Å². The Morgan fingerprint density at radius 3 is 2.58 bits per heavy atom. The number of hydrogen-bond donors (Lipinski definition) is 2. The fourth-order valence-electron chi connectivity index (χ4n) is 2.25. The van der Waals surface area contributed by atoms with E-state index in [1.165, 1.54) is 7.11 Å². The third kappa shape index (κ3) is 6.39. The van der Waals surface area contributed by atoms with E-state index < -0.39 is 11.8 Å². The van der Waals surface area contributed by atoms with Crippen LogP contribution in [-0.4, -0.2) is 41.0 Å². The number of carbonyl (C=O) groups is 3. The molecule has 0 aliphatic heterocycles. The first-order valence-corrected chi connectivity index (χ1v) is 8.29. The Labute approximate surface area is 151 Å². The van der Waals surface area contributed by atoms with Crippen LogP contribution >= 0.6 is 0 Å². The number of imidazole rings is 1. The molecule has 1 heterocycles. The van der Waals surface area contributed by atoms with Crippen molar-refractivity contribution >= 4 is 23.5 Å². The van der Waals surface area contributed by atoms with Crippen molar-refractivity contribution in [1.29, 1.82) is 0 Å². The highest BCUT2D eigenvalue weighted by Crippen LogP contribution is 2.11. The van der Waals surface area contributed by atoms with Crippen molar-refractivity contribution in [2.45, 2.75) is 25.8 Å². The molecule has 26 heavy (non-hydrogen) atoms. The molecule has 2 rings (SSSR count). The Bertz CT molecular complexity index is 726. The van der Waals surface area contributed by atoms with Crippen LogP contribution in [0.4, 0.5) is 5.69 Å². The number of ether oxygens (including phenoxy) is 1. The summed E-state index contributed by atoms with van der Waals surface area (Å²) in [5, 5.41) is 5.12. The number of anilines is 1. The molecule has 2 aromatic rings. The molecule has 138 valence electrons. The number of esters is 1. The zero-order chi connectivity index (χ0) is 18.8. The molecule has 0 fully saturated rings. The van der Waals surface area contributed by atoms with Gasteiger partial charge >= 0.3 is 17.8 Å². The number of carbonyl (C=O) groups excluding carboxylic acids is 3. The average molecular weight is 358 g/mol. The first-order chi connectivity index (χ1) is 12.6. The number of amides is 2. The molecule has 0 unspecified atom stereocenters. The molecule has 1 aromatic carbocycles. The van der Waals surface area contributed by atoms with Gasteiger partial charge in [-0.05, 0) is 30.5 Å². The summed E-state index contributed by atoms with van der Waals surface area (Å²) in [6, 6.07) is 6.97. The zero-order valence-electron chi connectivity index (χ0n) is 14.6. The van der Waals surface area contributed by atoms with Crippen molar-refractivity contribution in [3.05, 3.63) is 48.5 Å². The summed E-state index contributed by atoms with van der Waals surface area (Å²) < 4.78 is 6.49. The van der Waals surface area contributed by atoms with E-state index >= 15 is 0 Å². The number of methoxy groups -OCH3 is 1. The largest absolute Gasteiger partial charge is 0.469 e. The van der Waals surface area contributed by atoms with Gasteiger partial charge in [-0.15, -0.1) is 0 Å². The first kappa shape index (κ1) is 19.2. The predicted molar refractivity (Wildman–Crippen MR) is 95.3 cm³/mol. The minimum Gasteiger partial charge on any atom is -0.469 e. The summed E-state index contributed by atoms with van der Waals surface area (Å²) >= 11 is 0. The molecule has 8 nitrogen and oxygen atoms in total. The van der Waals surface area contributed by atoms with E-state index in [4.69, 9.17) is 0 Å². The average Bonchev–Trinajstić information content (AvgIpc) is 3.17.